The third-order valence-electron chi connectivity index (χ3n) is 7.92. The third kappa shape index (κ3) is 3.63. The summed E-state index contributed by atoms with van der Waals surface area (Å²) in [4.78, 5) is 6.65. The minimum atomic E-state index is -0.0824. The Balaban J connectivity index is 0.00000264. The Labute approximate surface area is 249 Å². The van der Waals surface area contributed by atoms with Gasteiger partial charge in [-0.1, -0.05) is 47.5 Å². The number of benzene rings is 4. The van der Waals surface area contributed by atoms with Crippen molar-refractivity contribution in [1.29, 1.82) is 0 Å². The van der Waals surface area contributed by atoms with Crippen molar-refractivity contribution in [3.8, 4) is 27.9 Å². The predicted molar refractivity (Wildman–Crippen MR) is 159 cm³/mol. The summed E-state index contributed by atoms with van der Waals surface area (Å²) in [6.07, 6.45) is 4.12. The first-order valence-electron chi connectivity index (χ1n) is 13.2. The fourth-order valence-corrected chi connectivity index (χ4v) is 6.27. The summed E-state index contributed by atoms with van der Waals surface area (Å²) in [5, 5.41) is 4.77. The van der Waals surface area contributed by atoms with E-state index in [0.29, 0.717) is 0 Å². The molecule has 0 atom stereocenters. The molecular formula is C33H25BN5Pt-3. The van der Waals surface area contributed by atoms with Gasteiger partial charge in [0.2, 0.25) is 0 Å². The van der Waals surface area contributed by atoms with Crippen LogP contribution in [0.2, 0.25) is 0 Å². The van der Waals surface area contributed by atoms with Gasteiger partial charge in [0.1, 0.15) is 0 Å². The Morgan fingerprint density at radius 2 is 1.32 bits per heavy atom. The fraction of sp³-hybridized carbons (Fsp3) is 0.0909. The van der Waals surface area contributed by atoms with E-state index in [0.717, 1.165) is 33.7 Å². The van der Waals surface area contributed by atoms with Crippen LogP contribution in [-0.4, -0.2) is 28.6 Å². The van der Waals surface area contributed by atoms with Crippen LogP contribution in [0.4, 0.5) is 17.1 Å². The molecule has 0 unspecified atom stereocenters. The second kappa shape index (κ2) is 9.28. The zero-order chi connectivity index (χ0) is 26.2. The van der Waals surface area contributed by atoms with Crippen molar-refractivity contribution in [3.05, 3.63) is 121 Å². The average Bonchev–Trinajstić information content (AvgIpc) is 3.56. The maximum atomic E-state index is 4.77. The van der Waals surface area contributed by atoms with Gasteiger partial charge >= 0.3 is 0 Å². The van der Waals surface area contributed by atoms with Crippen LogP contribution in [0.15, 0.2) is 91.3 Å². The van der Waals surface area contributed by atoms with Crippen LogP contribution in [-0.2, 0) is 21.1 Å². The molecule has 4 aromatic carbocycles. The first kappa shape index (κ1) is 25.0. The number of fused-ring (bicyclic) bond motifs is 11. The third-order valence-corrected chi connectivity index (χ3v) is 7.92. The number of anilines is 3. The number of hydrogen-bond donors (Lipinski definition) is 0. The number of hydrogen-bond acceptors (Lipinski definition) is 4. The predicted octanol–water partition coefficient (Wildman–Crippen LogP) is 5.33. The monoisotopic (exact) mass is 697 g/mol. The smallest absolute Gasteiger partial charge is 0.278 e. The van der Waals surface area contributed by atoms with Gasteiger partial charge in [0, 0.05) is 38.1 Å². The number of aromatic nitrogens is 2. The Bertz CT molecular complexity index is 1830. The van der Waals surface area contributed by atoms with Gasteiger partial charge in [-0.15, -0.1) is 28.9 Å². The van der Waals surface area contributed by atoms with E-state index in [2.05, 4.69) is 132 Å². The van der Waals surface area contributed by atoms with Crippen LogP contribution in [0.5, 0.6) is 0 Å². The van der Waals surface area contributed by atoms with Crippen molar-refractivity contribution in [2.24, 2.45) is 0 Å². The number of para-hydroxylation sites is 2. The molecule has 0 spiro atoms. The second-order valence-corrected chi connectivity index (χ2v) is 10.5. The standard InChI is InChI=1S/C33H25BN5.Pt/c1-22-18-23(2)39(35-22)25-13-15-27-29-9-5-7-11-33(29)38-32-10-6-4-8-28(32)26-14-12-24(37-17-16-36(3)21-37)19-30(26)34(38)31(27)20-25;/h4-18,21H,1-3H3;/q-3;. The topological polar surface area (TPSA) is 27.5 Å². The van der Waals surface area contributed by atoms with Gasteiger partial charge in [0.25, 0.3) is 6.85 Å². The van der Waals surface area contributed by atoms with Crippen molar-refractivity contribution in [2.45, 2.75) is 13.8 Å². The first-order valence-corrected chi connectivity index (χ1v) is 13.2. The molecule has 4 heterocycles. The van der Waals surface area contributed by atoms with Gasteiger partial charge in [-0.2, -0.15) is 47.0 Å². The maximum Gasteiger partial charge on any atom is 0.278 e. The molecular weight excluding hydrogens is 672 g/mol. The fourth-order valence-electron chi connectivity index (χ4n) is 6.27. The van der Waals surface area contributed by atoms with Gasteiger partial charge in [0.05, 0.1) is 5.69 Å². The van der Waals surface area contributed by atoms with E-state index >= 15 is 0 Å². The molecule has 5 nitrogen and oxygen atoms in total. The summed E-state index contributed by atoms with van der Waals surface area (Å²) in [5.74, 6) is 0. The van der Waals surface area contributed by atoms with E-state index in [9.17, 15) is 0 Å². The van der Waals surface area contributed by atoms with Crippen LogP contribution in [0, 0.1) is 32.6 Å². The molecule has 198 valence electrons. The molecule has 0 bridgehead atoms. The Kier molecular flexibility index (Phi) is 5.80. The summed E-state index contributed by atoms with van der Waals surface area (Å²) in [6, 6.07) is 36.0. The molecule has 0 radical (unpaired) electrons. The van der Waals surface area contributed by atoms with E-state index in [1.165, 1.54) is 33.6 Å². The maximum absolute atomic E-state index is 4.77. The van der Waals surface area contributed by atoms with E-state index in [-0.39, 0.29) is 27.9 Å². The van der Waals surface area contributed by atoms with Gasteiger partial charge in [-0.3, -0.25) is 4.68 Å². The zero-order valence-electron chi connectivity index (χ0n) is 22.4. The molecule has 0 amide bonds. The summed E-state index contributed by atoms with van der Waals surface area (Å²) >= 11 is 0. The van der Waals surface area contributed by atoms with E-state index in [1.807, 2.05) is 18.7 Å². The number of rotatable bonds is 2. The van der Waals surface area contributed by atoms with Gasteiger partial charge < -0.3 is 14.6 Å². The van der Waals surface area contributed by atoms with E-state index in [4.69, 9.17) is 5.10 Å². The second-order valence-electron chi connectivity index (χ2n) is 10.5. The minimum absolute atomic E-state index is 0. The first-order chi connectivity index (χ1) is 19.1. The van der Waals surface area contributed by atoms with Gasteiger partial charge in [0.15, 0.2) is 0 Å². The quantitative estimate of drug-likeness (QED) is 0.184. The largest absolute Gasteiger partial charge is 0.510 e. The van der Waals surface area contributed by atoms with Crippen LogP contribution in [0.3, 0.4) is 0 Å². The van der Waals surface area contributed by atoms with Crippen LogP contribution in [0.25, 0.3) is 27.9 Å². The number of nitrogens with zero attached hydrogens (tertiary/aromatic N) is 5. The SMILES string of the molecule is Cc1cc(C)n(-c2[c-]c3c(cc2)-c2ccccc2N2B3c3[c-]c(N4C=CN(C)[CH-]4)ccc3-c3ccccc32)n1.[Pt]. The Morgan fingerprint density at radius 1 is 0.725 bits per heavy atom. The van der Waals surface area contributed by atoms with Gasteiger partial charge in [-0.05, 0) is 57.2 Å². The van der Waals surface area contributed by atoms with Crippen molar-refractivity contribution in [3.63, 3.8) is 0 Å². The molecule has 8 rings (SSSR count). The van der Waals surface area contributed by atoms with Gasteiger partial charge in [-0.25, -0.2) is 0 Å². The van der Waals surface area contributed by atoms with Crippen LogP contribution in [0.1, 0.15) is 11.4 Å². The molecule has 0 fully saturated rings. The van der Waals surface area contributed by atoms with Crippen molar-refractivity contribution >= 4 is 34.8 Å². The zero-order valence-corrected chi connectivity index (χ0v) is 24.6. The van der Waals surface area contributed by atoms with Crippen molar-refractivity contribution < 1.29 is 21.1 Å². The Morgan fingerprint density at radius 3 is 1.90 bits per heavy atom. The summed E-state index contributed by atoms with van der Waals surface area (Å²) < 4.78 is 2.00. The number of aryl methyl sites for hydroxylation is 2. The summed E-state index contributed by atoms with van der Waals surface area (Å²) in [5.41, 5.74) is 13.6. The van der Waals surface area contributed by atoms with Crippen molar-refractivity contribution in [2.75, 3.05) is 16.8 Å². The summed E-state index contributed by atoms with van der Waals surface area (Å²) in [6.45, 7) is 6.12. The molecule has 0 saturated carbocycles. The minimum Gasteiger partial charge on any atom is -0.510 e. The van der Waals surface area contributed by atoms with Crippen LogP contribution >= 0.6 is 0 Å². The molecule has 3 aliphatic heterocycles. The van der Waals surface area contributed by atoms with E-state index in [1.54, 1.807) is 0 Å². The molecule has 3 aliphatic rings. The molecule has 7 heteroatoms. The van der Waals surface area contributed by atoms with Crippen LogP contribution < -0.4 is 20.6 Å². The molecule has 5 aromatic rings. The average molecular weight is 697 g/mol. The molecule has 0 N–H and O–H groups in total. The van der Waals surface area contributed by atoms with Crippen molar-refractivity contribution in [1.82, 2.24) is 14.7 Å². The molecule has 1 aromatic heterocycles. The molecule has 0 saturated heterocycles. The normalized spacial score (nSPS) is 14.3. The summed E-state index contributed by atoms with van der Waals surface area (Å²) in [7, 11) is 2.04. The Hall–Kier alpha value is -4.02. The van der Waals surface area contributed by atoms with E-state index < -0.39 is 0 Å². The molecule has 40 heavy (non-hydrogen) atoms. The molecule has 0 aliphatic carbocycles.